The zero-order valence-electron chi connectivity index (χ0n) is 9.28. The van der Waals surface area contributed by atoms with Crippen molar-refractivity contribution in [3.05, 3.63) is 40.6 Å². The van der Waals surface area contributed by atoms with E-state index in [2.05, 4.69) is 14.7 Å². The van der Waals surface area contributed by atoms with Gasteiger partial charge in [0.05, 0.1) is 23.7 Å². The summed E-state index contributed by atoms with van der Waals surface area (Å²) in [5, 5.41) is 10.4. The van der Waals surface area contributed by atoms with Crippen LogP contribution in [0.3, 0.4) is 0 Å². The number of aliphatic hydroxyl groups is 1. The molecule has 0 unspecified atom stereocenters. The number of sulfonamides is 1. The van der Waals surface area contributed by atoms with E-state index >= 15 is 0 Å². The Morgan fingerprint density at radius 3 is 2.89 bits per heavy atom. The summed E-state index contributed by atoms with van der Waals surface area (Å²) in [6.07, 6.45) is 2.91. The highest BCUT2D eigenvalue weighted by atomic mass is 32.2. The van der Waals surface area contributed by atoms with Crippen LogP contribution in [0.25, 0.3) is 0 Å². The molecule has 0 fully saturated rings. The van der Waals surface area contributed by atoms with Crippen molar-refractivity contribution in [3.63, 3.8) is 0 Å². The quantitative estimate of drug-likeness (QED) is 0.835. The van der Waals surface area contributed by atoms with Gasteiger partial charge in [-0.2, -0.15) is 0 Å². The van der Waals surface area contributed by atoms with Crippen LogP contribution >= 0.6 is 11.3 Å². The number of nitrogens with one attached hydrogen (secondary N) is 1. The average Bonchev–Trinajstić information content (AvgIpc) is 2.87. The summed E-state index contributed by atoms with van der Waals surface area (Å²) < 4.78 is 26.2. The molecule has 0 aliphatic rings. The van der Waals surface area contributed by atoms with Gasteiger partial charge in [0.25, 0.3) is 0 Å². The van der Waals surface area contributed by atoms with Crippen molar-refractivity contribution in [2.75, 3.05) is 0 Å². The number of aliphatic hydroxyl groups excluding tert-OH is 1. The Bertz CT molecular complexity index is 610. The molecule has 0 atom stereocenters. The Labute approximate surface area is 108 Å². The predicted octanol–water partition coefficient (Wildman–Crippen LogP) is 0.509. The van der Waals surface area contributed by atoms with Gasteiger partial charge < -0.3 is 5.11 Å². The van der Waals surface area contributed by atoms with Crippen LogP contribution in [0.1, 0.15) is 10.6 Å². The monoisotopic (exact) mass is 285 g/mol. The van der Waals surface area contributed by atoms with E-state index in [0.717, 1.165) is 0 Å². The molecule has 2 aromatic heterocycles. The van der Waals surface area contributed by atoms with Crippen molar-refractivity contribution in [1.82, 2.24) is 14.7 Å². The van der Waals surface area contributed by atoms with Gasteiger partial charge in [-0.05, 0) is 12.1 Å². The van der Waals surface area contributed by atoms with Crippen molar-refractivity contribution in [1.29, 1.82) is 0 Å². The first-order valence-corrected chi connectivity index (χ1v) is 7.41. The van der Waals surface area contributed by atoms with Crippen LogP contribution in [-0.2, 0) is 23.2 Å². The molecule has 0 aliphatic heterocycles. The minimum atomic E-state index is -3.56. The Morgan fingerprint density at radius 2 is 2.28 bits per heavy atom. The minimum absolute atomic E-state index is 0.106. The standard InChI is InChI=1S/C10H11N3O3S2/c14-5-9-3-10(6-17-9)18(15,16)13-4-8-1-2-11-7-12-8/h1-3,6-7,13-14H,4-5H2. The lowest BCUT2D eigenvalue weighted by atomic mass is 10.4. The predicted molar refractivity (Wildman–Crippen MR) is 66.3 cm³/mol. The lowest BCUT2D eigenvalue weighted by Crippen LogP contribution is -2.23. The molecule has 18 heavy (non-hydrogen) atoms. The third-order valence-electron chi connectivity index (χ3n) is 2.18. The number of hydrogen-bond acceptors (Lipinski definition) is 6. The SMILES string of the molecule is O=S(=O)(NCc1ccncn1)c1csc(CO)c1. The molecule has 2 N–H and O–H groups in total. The molecule has 0 aliphatic carbocycles. The first-order valence-electron chi connectivity index (χ1n) is 5.04. The molecule has 0 amide bonds. The maximum Gasteiger partial charge on any atom is 0.241 e. The van der Waals surface area contributed by atoms with Crippen LogP contribution in [0, 0.1) is 0 Å². The van der Waals surface area contributed by atoms with E-state index in [-0.39, 0.29) is 18.0 Å². The molecule has 0 radical (unpaired) electrons. The Hall–Kier alpha value is -1.35. The molecule has 2 heterocycles. The zero-order chi connectivity index (χ0) is 13.0. The molecule has 0 saturated carbocycles. The van der Waals surface area contributed by atoms with Gasteiger partial charge in [-0.1, -0.05) is 0 Å². The van der Waals surface area contributed by atoms with Gasteiger partial charge in [0.15, 0.2) is 0 Å². The molecule has 96 valence electrons. The van der Waals surface area contributed by atoms with Gasteiger partial charge in [-0.25, -0.2) is 23.1 Å². The second-order valence-corrected chi connectivity index (χ2v) is 6.19. The minimum Gasteiger partial charge on any atom is -0.391 e. The molecule has 6 nitrogen and oxygen atoms in total. The van der Waals surface area contributed by atoms with E-state index in [9.17, 15) is 8.42 Å². The fourth-order valence-electron chi connectivity index (χ4n) is 1.26. The molecule has 0 bridgehead atoms. The highest BCUT2D eigenvalue weighted by molar-refractivity contribution is 7.89. The van der Waals surface area contributed by atoms with Crippen LogP contribution in [0.4, 0.5) is 0 Å². The van der Waals surface area contributed by atoms with Crippen molar-refractivity contribution in [2.24, 2.45) is 0 Å². The Kier molecular flexibility index (Phi) is 4.02. The highest BCUT2D eigenvalue weighted by Crippen LogP contribution is 2.19. The van der Waals surface area contributed by atoms with Crippen LogP contribution in [-0.4, -0.2) is 23.5 Å². The maximum atomic E-state index is 11.9. The maximum absolute atomic E-state index is 11.9. The summed E-state index contributed by atoms with van der Waals surface area (Å²) in [5.74, 6) is 0. The number of hydrogen-bond donors (Lipinski definition) is 2. The molecule has 8 heteroatoms. The second-order valence-electron chi connectivity index (χ2n) is 3.43. The average molecular weight is 285 g/mol. The van der Waals surface area contributed by atoms with Crippen LogP contribution in [0.2, 0.25) is 0 Å². The Morgan fingerprint density at radius 1 is 1.44 bits per heavy atom. The number of rotatable bonds is 5. The summed E-state index contributed by atoms with van der Waals surface area (Å²) in [6.45, 7) is -0.0543. The van der Waals surface area contributed by atoms with E-state index < -0.39 is 10.0 Å². The van der Waals surface area contributed by atoms with E-state index in [1.54, 1.807) is 12.3 Å². The van der Waals surface area contributed by atoms with Gasteiger partial charge in [-0.3, -0.25) is 0 Å². The van der Waals surface area contributed by atoms with Crippen molar-refractivity contribution in [2.45, 2.75) is 18.0 Å². The van der Waals surface area contributed by atoms with Gasteiger partial charge in [0, 0.05) is 16.5 Å². The number of aromatic nitrogens is 2. The largest absolute Gasteiger partial charge is 0.391 e. The summed E-state index contributed by atoms with van der Waals surface area (Å²) in [4.78, 5) is 8.44. The van der Waals surface area contributed by atoms with Crippen LogP contribution in [0.5, 0.6) is 0 Å². The van der Waals surface area contributed by atoms with E-state index in [1.807, 2.05) is 0 Å². The summed E-state index contributed by atoms with van der Waals surface area (Å²) >= 11 is 1.20. The first-order chi connectivity index (χ1) is 8.62. The molecule has 0 saturated heterocycles. The lowest BCUT2D eigenvalue weighted by Gasteiger charge is -2.03. The summed E-state index contributed by atoms with van der Waals surface area (Å²) in [7, 11) is -3.56. The number of thiophene rings is 1. The van der Waals surface area contributed by atoms with Crippen LogP contribution in [0.15, 0.2) is 34.9 Å². The zero-order valence-corrected chi connectivity index (χ0v) is 10.9. The van der Waals surface area contributed by atoms with Gasteiger partial charge >= 0.3 is 0 Å². The normalized spacial score (nSPS) is 11.6. The van der Waals surface area contributed by atoms with Gasteiger partial charge in [0.2, 0.25) is 10.0 Å². The van der Waals surface area contributed by atoms with Gasteiger partial charge in [0.1, 0.15) is 6.33 Å². The first kappa shape index (κ1) is 13.1. The molecule has 0 aromatic carbocycles. The smallest absolute Gasteiger partial charge is 0.241 e. The summed E-state index contributed by atoms with van der Waals surface area (Å²) in [5.41, 5.74) is 0.589. The topological polar surface area (TPSA) is 92.2 Å². The molecular formula is C10H11N3O3S2. The second kappa shape index (κ2) is 5.53. The van der Waals surface area contributed by atoms with Crippen molar-refractivity contribution < 1.29 is 13.5 Å². The van der Waals surface area contributed by atoms with E-state index in [1.165, 1.54) is 29.1 Å². The van der Waals surface area contributed by atoms with E-state index in [0.29, 0.717) is 10.6 Å². The molecule has 0 spiro atoms. The van der Waals surface area contributed by atoms with E-state index in [4.69, 9.17) is 5.11 Å². The molecular weight excluding hydrogens is 274 g/mol. The Balaban J connectivity index is 2.08. The summed E-state index contributed by atoms with van der Waals surface area (Å²) in [6, 6.07) is 3.09. The third-order valence-corrected chi connectivity index (χ3v) is 4.63. The number of nitrogens with zero attached hydrogens (tertiary/aromatic N) is 2. The van der Waals surface area contributed by atoms with Crippen molar-refractivity contribution in [3.8, 4) is 0 Å². The molecule has 2 rings (SSSR count). The third kappa shape index (κ3) is 3.10. The molecule has 2 aromatic rings. The highest BCUT2D eigenvalue weighted by Gasteiger charge is 2.15. The van der Waals surface area contributed by atoms with Gasteiger partial charge in [-0.15, -0.1) is 11.3 Å². The van der Waals surface area contributed by atoms with Crippen molar-refractivity contribution >= 4 is 21.4 Å². The lowest BCUT2D eigenvalue weighted by molar-refractivity contribution is 0.285. The fraction of sp³-hybridized carbons (Fsp3) is 0.200. The van der Waals surface area contributed by atoms with Crippen LogP contribution < -0.4 is 4.72 Å². The fourth-order valence-corrected chi connectivity index (χ4v) is 3.39.